The highest BCUT2D eigenvalue weighted by Gasteiger charge is 2.27. The normalized spacial score (nSPS) is 18.9. The number of aryl methyl sites for hydroxylation is 1. The Labute approximate surface area is 196 Å². The first-order valence-corrected chi connectivity index (χ1v) is 12.6. The summed E-state index contributed by atoms with van der Waals surface area (Å²) < 4.78 is 41.5. The maximum Gasteiger partial charge on any atom is 0.280 e. The average molecular weight is 498 g/mol. The highest BCUT2D eigenvalue weighted by atomic mass is 32.2. The van der Waals surface area contributed by atoms with Gasteiger partial charge in [-0.2, -0.15) is 4.37 Å². The van der Waals surface area contributed by atoms with E-state index >= 15 is 0 Å². The van der Waals surface area contributed by atoms with Crippen molar-refractivity contribution in [3.63, 3.8) is 0 Å². The minimum atomic E-state index is -3.71. The first-order valence-electron chi connectivity index (χ1n) is 10.3. The number of nitrogens with zero attached hydrogens (tertiary/aromatic N) is 3. The molecular formula is C20H27N5O6S2. The number of aromatic nitrogens is 2. The molecule has 1 aliphatic rings. The molecule has 180 valence electrons. The van der Waals surface area contributed by atoms with Crippen LogP contribution in [-0.4, -0.2) is 69.0 Å². The van der Waals surface area contributed by atoms with Crippen molar-refractivity contribution < 1.29 is 27.5 Å². The molecule has 2 aromatic rings. The number of carbonyl (C=O) groups excluding carboxylic acids is 1. The first kappa shape index (κ1) is 25.2. The van der Waals surface area contributed by atoms with Crippen molar-refractivity contribution in [2.75, 3.05) is 32.7 Å². The monoisotopic (exact) mass is 497 g/mol. The Hall–Kier alpha value is -2.45. The van der Waals surface area contributed by atoms with E-state index in [9.17, 15) is 13.2 Å². The summed E-state index contributed by atoms with van der Waals surface area (Å²) in [5.74, 6) is -0.00148. The number of sulfonamides is 1. The number of rotatable bonds is 11. The van der Waals surface area contributed by atoms with Crippen LogP contribution in [0.5, 0.6) is 0 Å². The van der Waals surface area contributed by atoms with Gasteiger partial charge in [0.2, 0.25) is 15.2 Å². The molecule has 2 atom stereocenters. The third-order valence-corrected chi connectivity index (χ3v) is 7.16. The molecule has 0 unspecified atom stereocenters. The van der Waals surface area contributed by atoms with Gasteiger partial charge in [0.1, 0.15) is 11.9 Å². The zero-order valence-electron chi connectivity index (χ0n) is 18.6. The van der Waals surface area contributed by atoms with Gasteiger partial charge < -0.3 is 14.3 Å². The number of oxime groups is 1. The van der Waals surface area contributed by atoms with Crippen LogP contribution in [-0.2, 0) is 29.1 Å². The topological polar surface area (TPSA) is 141 Å². The molecule has 0 saturated heterocycles. The largest absolute Gasteiger partial charge is 0.392 e. The molecule has 1 heterocycles. The van der Waals surface area contributed by atoms with Crippen molar-refractivity contribution >= 4 is 38.3 Å². The standard InChI is InChI=1S/C20H27N5O6S2/c1-13-22-20(32-25-13)23-19(26)18(24-31-16-7-6-15(12-16)30-3)14-4-8-17(9-5-14)33(27,28)21-10-11-29-2/h4-5,8-9,15-16,21H,6-7,10-12H2,1-3H3,(H,22,23,25,26)/t15-,16-/m1/s1. The molecule has 0 radical (unpaired) electrons. The lowest BCUT2D eigenvalue weighted by Crippen LogP contribution is -2.27. The van der Waals surface area contributed by atoms with Crippen molar-refractivity contribution in [2.45, 2.75) is 43.3 Å². The molecule has 0 spiro atoms. The van der Waals surface area contributed by atoms with Crippen LogP contribution in [0, 0.1) is 6.92 Å². The second-order valence-corrected chi connectivity index (χ2v) is 9.87. The number of nitrogens with one attached hydrogen (secondary N) is 2. The summed E-state index contributed by atoms with van der Waals surface area (Å²) in [4.78, 5) is 22.8. The molecule has 1 aromatic carbocycles. The lowest BCUT2D eigenvalue weighted by Gasteiger charge is -2.12. The number of benzene rings is 1. The fourth-order valence-corrected chi connectivity index (χ4v) is 4.80. The van der Waals surface area contributed by atoms with E-state index in [0.717, 1.165) is 24.4 Å². The van der Waals surface area contributed by atoms with Crippen LogP contribution < -0.4 is 10.0 Å². The number of methoxy groups -OCH3 is 2. The average Bonchev–Trinajstić information content (AvgIpc) is 3.43. The van der Waals surface area contributed by atoms with Crippen LogP contribution in [0.25, 0.3) is 0 Å². The molecule has 1 saturated carbocycles. The Morgan fingerprint density at radius 1 is 1.21 bits per heavy atom. The van der Waals surface area contributed by atoms with Crippen LogP contribution in [0.15, 0.2) is 34.3 Å². The van der Waals surface area contributed by atoms with Crippen molar-refractivity contribution in [3.8, 4) is 0 Å². The smallest absolute Gasteiger partial charge is 0.280 e. The predicted octanol–water partition coefficient (Wildman–Crippen LogP) is 1.70. The van der Waals surface area contributed by atoms with Crippen LogP contribution >= 0.6 is 11.5 Å². The molecule has 33 heavy (non-hydrogen) atoms. The molecule has 1 amide bonds. The van der Waals surface area contributed by atoms with E-state index in [1.165, 1.54) is 31.4 Å². The van der Waals surface area contributed by atoms with Gasteiger partial charge in [0.05, 0.1) is 17.6 Å². The lowest BCUT2D eigenvalue weighted by molar-refractivity contribution is -0.110. The van der Waals surface area contributed by atoms with Crippen molar-refractivity contribution in [1.82, 2.24) is 14.1 Å². The summed E-state index contributed by atoms with van der Waals surface area (Å²) >= 11 is 1.05. The molecule has 1 fully saturated rings. The summed E-state index contributed by atoms with van der Waals surface area (Å²) in [5, 5.41) is 7.11. The fraction of sp³-hybridized carbons (Fsp3) is 0.500. The Morgan fingerprint density at radius 3 is 2.55 bits per heavy atom. The molecule has 2 N–H and O–H groups in total. The second-order valence-electron chi connectivity index (χ2n) is 7.35. The Bertz CT molecular complexity index is 1070. The molecule has 3 rings (SSSR count). The number of carbonyl (C=O) groups is 1. The highest BCUT2D eigenvalue weighted by molar-refractivity contribution is 7.89. The van der Waals surface area contributed by atoms with Gasteiger partial charge in [0.25, 0.3) is 5.91 Å². The Balaban J connectivity index is 1.80. The molecule has 13 heteroatoms. The Kier molecular flexibility index (Phi) is 8.86. The predicted molar refractivity (Wildman–Crippen MR) is 123 cm³/mol. The van der Waals surface area contributed by atoms with Gasteiger partial charge in [-0.05, 0) is 31.9 Å². The van der Waals surface area contributed by atoms with Gasteiger partial charge in [-0.1, -0.05) is 17.3 Å². The molecule has 0 aliphatic heterocycles. The van der Waals surface area contributed by atoms with E-state index in [1.54, 1.807) is 14.0 Å². The van der Waals surface area contributed by atoms with Crippen LogP contribution in [0.3, 0.4) is 0 Å². The molecule has 1 aliphatic carbocycles. The summed E-state index contributed by atoms with van der Waals surface area (Å²) in [7, 11) is -0.569. The number of anilines is 1. The summed E-state index contributed by atoms with van der Waals surface area (Å²) in [6, 6.07) is 5.81. The van der Waals surface area contributed by atoms with Gasteiger partial charge in [-0.15, -0.1) is 0 Å². The van der Waals surface area contributed by atoms with Gasteiger partial charge in [0.15, 0.2) is 5.71 Å². The zero-order valence-corrected chi connectivity index (χ0v) is 20.2. The molecule has 11 nitrogen and oxygen atoms in total. The molecule has 0 bridgehead atoms. The van der Waals surface area contributed by atoms with Gasteiger partial charge in [-0.25, -0.2) is 18.1 Å². The number of hydrogen-bond donors (Lipinski definition) is 2. The fourth-order valence-electron chi connectivity index (χ4n) is 3.22. The van der Waals surface area contributed by atoms with Crippen LogP contribution in [0.4, 0.5) is 5.13 Å². The quantitative estimate of drug-likeness (QED) is 0.271. The third-order valence-electron chi connectivity index (χ3n) is 4.96. The van der Waals surface area contributed by atoms with Crippen molar-refractivity contribution in [3.05, 3.63) is 35.7 Å². The highest BCUT2D eigenvalue weighted by Crippen LogP contribution is 2.24. The van der Waals surface area contributed by atoms with Crippen LogP contribution in [0.2, 0.25) is 0 Å². The summed E-state index contributed by atoms with van der Waals surface area (Å²) in [6.45, 7) is 2.12. The van der Waals surface area contributed by atoms with Crippen molar-refractivity contribution in [1.29, 1.82) is 0 Å². The lowest BCUT2D eigenvalue weighted by atomic mass is 10.1. The minimum Gasteiger partial charge on any atom is -0.392 e. The third kappa shape index (κ3) is 7.01. The number of amides is 1. The summed E-state index contributed by atoms with van der Waals surface area (Å²) in [5.41, 5.74) is 0.394. The molecular weight excluding hydrogens is 470 g/mol. The maximum absolute atomic E-state index is 13.0. The second kappa shape index (κ2) is 11.6. The van der Waals surface area contributed by atoms with E-state index in [0.29, 0.717) is 22.9 Å². The van der Waals surface area contributed by atoms with Gasteiger partial charge in [-0.3, -0.25) is 10.1 Å². The first-order chi connectivity index (χ1) is 15.8. The SMILES string of the molecule is COCCNS(=O)(=O)c1ccc(C(=NO[C@@H]2CC[C@@H](OC)C2)C(=O)Nc2nc(C)ns2)cc1. The maximum atomic E-state index is 13.0. The van der Waals surface area contributed by atoms with Gasteiger partial charge in [0, 0.05) is 44.3 Å². The van der Waals surface area contributed by atoms with Gasteiger partial charge >= 0.3 is 0 Å². The van der Waals surface area contributed by atoms with Crippen molar-refractivity contribution in [2.24, 2.45) is 5.16 Å². The van der Waals surface area contributed by atoms with E-state index in [4.69, 9.17) is 14.3 Å². The van der Waals surface area contributed by atoms with E-state index in [-0.39, 0.29) is 36.0 Å². The Morgan fingerprint density at radius 2 is 1.94 bits per heavy atom. The van der Waals surface area contributed by atoms with E-state index < -0.39 is 15.9 Å². The summed E-state index contributed by atoms with van der Waals surface area (Å²) in [6.07, 6.45) is 2.21. The zero-order chi connectivity index (χ0) is 23.8. The number of ether oxygens (including phenoxy) is 2. The van der Waals surface area contributed by atoms with Crippen LogP contribution in [0.1, 0.15) is 30.7 Å². The molecule has 1 aromatic heterocycles. The van der Waals surface area contributed by atoms with E-state index in [1.807, 2.05) is 0 Å². The number of hydrogen-bond acceptors (Lipinski definition) is 10. The minimum absolute atomic E-state index is 0.00000928. The van der Waals surface area contributed by atoms with E-state index in [2.05, 4.69) is 24.6 Å².